The topological polar surface area (TPSA) is 62.4 Å². The van der Waals surface area contributed by atoms with Gasteiger partial charge in [-0.1, -0.05) is 35.9 Å². The third kappa shape index (κ3) is 5.69. The number of para-hydroxylation sites is 1. The summed E-state index contributed by atoms with van der Waals surface area (Å²) >= 11 is 14.5. The van der Waals surface area contributed by atoms with E-state index in [0.717, 1.165) is 4.47 Å². The molecule has 28 heavy (non-hydrogen) atoms. The van der Waals surface area contributed by atoms with Gasteiger partial charge in [-0.15, -0.1) is 0 Å². The van der Waals surface area contributed by atoms with E-state index in [4.69, 9.17) is 28.6 Å². The van der Waals surface area contributed by atoms with Crippen molar-refractivity contribution in [3.05, 3.63) is 87.9 Å². The van der Waals surface area contributed by atoms with E-state index in [2.05, 4.69) is 32.1 Å². The smallest absolute Gasteiger partial charge is 0.269 e. The van der Waals surface area contributed by atoms with Crippen molar-refractivity contribution in [1.29, 1.82) is 0 Å². The molecule has 0 aliphatic rings. The van der Waals surface area contributed by atoms with Crippen LogP contribution in [0.15, 0.2) is 77.3 Å². The number of amides is 1. The van der Waals surface area contributed by atoms with E-state index in [1.54, 1.807) is 42.5 Å². The number of benzene rings is 3. The molecule has 0 unspecified atom stereocenters. The molecule has 8 heteroatoms. The summed E-state index contributed by atoms with van der Waals surface area (Å²) in [5.74, 6) is 0.900. The number of carbonyl (C=O) groups is 1. The predicted octanol–water partition coefficient (Wildman–Crippen LogP) is 5.53. The van der Waals surface area contributed by atoms with Crippen LogP contribution in [0, 0.1) is 0 Å². The number of thiocarbonyl (C=S) groups is 1. The van der Waals surface area contributed by atoms with Gasteiger partial charge in [0.2, 0.25) is 0 Å². The van der Waals surface area contributed by atoms with Gasteiger partial charge in [0, 0.05) is 15.7 Å². The zero-order valence-corrected chi connectivity index (χ0v) is 17.6. The van der Waals surface area contributed by atoms with Crippen LogP contribution in [-0.4, -0.2) is 11.0 Å². The average molecular weight is 477 g/mol. The predicted molar refractivity (Wildman–Crippen MR) is 119 cm³/mol. The Balaban J connectivity index is 1.56. The fourth-order valence-corrected chi connectivity index (χ4v) is 2.84. The van der Waals surface area contributed by atoms with Crippen LogP contribution >= 0.6 is 39.7 Å². The first kappa shape index (κ1) is 20.1. The summed E-state index contributed by atoms with van der Waals surface area (Å²) < 4.78 is 6.52. The number of halogens is 2. The molecule has 5 nitrogen and oxygen atoms in total. The van der Waals surface area contributed by atoms with Gasteiger partial charge in [0.25, 0.3) is 5.91 Å². The number of hydrogen-bond acceptors (Lipinski definition) is 3. The maximum Gasteiger partial charge on any atom is 0.269 e. The summed E-state index contributed by atoms with van der Waals surface area (Å²) in [7, 11) is 0. The van der Waals surface area contributed by atoms with Crippen molar-refractivity contribution < 1.29 is 9.53 Å². The van der Waals surface area contributed by atoms with Crippen molar-refractivity contribution >= 4 is 56.5 Å². The van der Waals surface area contributed by atoms with Crippen molar-refractivity contribution in [2.75, 3.05) is 5.32 Å². The highest BCUT2D eigenvalue weighted by atomic mass is 79.9. The van der Waals surface area contributed by atoms with Crippen LogP contribution in [0.1, 0.15) is 10.4 Å². The Hall–Kier alpha value is -2.61. The fourth-order valence-electron chi connectivity index (χ4n) is 2.25. The number of hydrazine groups is 1. The molecule has 0 aliphatic carbocycles. The Labute approximate surface area is 181 Å². The van der Waals surface area contributed by atoms with Gasteiger partial charge in [0.1, 0.15) is 11.5 Å². The van der Waals surface area contributed by atoms with E-state index in [1.165, 1.54) is 0 Å². The lowest BCUT2D eigenvalue weighted by atomic mass is 10.2. The lowest BCUT2D eigenvalue weighted by Gasteiger charge is -2.12. The first-order chi connectivity index (χ1) is 13.5. The number of nitrogens with one attached hydrogen (secondary N) is 3. The summed E-state index contributed by atoms with van der Waals surface area (Å²) in [6, 6.07) is 21.5. The zero-order valence-electron chi connectivity index (χ0n) is 14.4. The Kier molecular flexibility index (Phi) is 6.86. The molecular weight excluding hydrogens is 462 g/mol. The highest BCUT2D eigenvalue weighted by Crippen LogP contribution is 2.25. The summed E-state index contributed by atoms with van der Waals surface area (Å²) in [5.41, 5.74) is 6.32. The van der Waals surface area contributed by atoms with Gasteiger partial charge in [-0.2, -0.15) is 0 Å². The molecule has 0 atom stereocenters. The molecule has 0 spiro atoms. The summed E-state index contributed by atoms with van der Waals surface area (Å²) in [6.07, 6.45) is 0. The third-order valence-corrected chi connectivity index (χ3v) is 4.98. The molecule has 3 N–H and O–H groups in total. The third-order valence-electron chi connectivity index (χ3n) is 3.54. The lowest BCUT2D eigenvalue weighted by Crippen LogP contribution is -2.43. The quantitative estimate of drug-likeness (QED) is 0.341. The van der Waals surface area contributed by atoms with E-state index >= 15 is 0 Å². The van der Waals surface area contributed by atoms with Gasteiger partial charge in [0.15, 0.2) is 5.11 Å². The number of rotatable bonds is 4. The maximum absolute atomic E-state index is 12.4. The summed E-state index contributed by atoms with van der Waals surface area (Å²) in [6.45, 7) is 0. The molecule has 142 valence electrons. The van der Waals surface area contributed by atoms with Crippen LogP contribution in [0.2, 0.25) is 5.02 Å². The monoisotopic (exact) mass is 475 g/mol. The van der Waals surface area contributed by atoms with Crippen LogP contribution in [-0.2, 0) is 0 Å². The van der Waals surface area contributed by atoms with Crippen LogP contribution < -0.4 is 20.9 Å². The minimum absolute atomic E-state index is 0.225. The number of ether oxygens (including phenoxy) is 1. The molecule has 0 saturated heterocycles. The molecule has 0 heterocycles. The molecule has 3 aromatic carbocycles. The Morgan fingerprint density at radius 2 is 1.68 bits per heavy atom. The number of anilines is 1. The van der Waals surface area contributed by atoms with Gasteiger partial charge in [-0.25, -0.2) is 0 Å². The first-order valence-corrected chi connectivity index (χ1v) is 9.74. The second-order valence-electron chi connectivity index (χ2n) is 5.61. The molecule has 3 aromatic rings. The molecule has 0 saturated carbocycles. The van der Waals surface area contributed by atoms with E-state index in [1.807, 2.05) is 30.3 Å². The van der Waals surface area contributed by atoms with Crippen molar-refractivity contribution in [1.82, 2.24) is 10.9 Å². The fraction of sp³-hybridized carbons (Fsp3) is 0. The Morgan fingerprint density at radius 1 is 0.929 bits per heavy atom. The summed E-state index contributed by atoms with van der Waals surface area (Å²) in [5, 5.41) is 3.71. The van der Waals surface area contributed by atoms with Crippen molar-refractivity contribution in [2.24, 2.45) is 0 Å². The number of carbonyl (C=O) groups excluding carboxylic acids is 1. The van der Waals surface area contributed by atoms with E-state index in [-0.39, 0.29) is 11.0 Å². The largest absolute Gasteiger partial charge is 0.457 e. The van der Waals surface area contributed by atoms with Crippen LogP contribution in [0.4, 0.5) is 5.69 Å². The molecule has 0 aliphatic heterocycles. The minimum atomic E-state index is -0.350. The molecule has 3 rings (SSSR count). The van der Waals surface area contributed by atoms with Crippen LogP contribution in [0.3, 0.4) is 0 Å². The van der Waals surface area contributed by atoms with Gasteiger partial charge in [-0.05, 0) is 76.7 Å². The highest BCUT2D eigenvalue weighted by Gasteiger charge is 2.08. The van der Waals surface area contributed by atoms with Gasteiger partial charge in [0.05, 0.1) is 5.02 Å². The van der Waals surface area contributed by atoms with Crippen LogP contribution in [0.25, 0.3) is 0 Å². The standard InChI is InChI=1S/C20H15BrClN3O2S/c21-17-10-9-14(12-18(17)22)23-20(28)25-24-19(26)13-5-4-8-16(11-13)27-15-6-2-1-3-7-15/h1-12H,(H,24,26)(H2,23,25,28). The Bertz CT molecular complexity index is 1000. The van der Waals surface area contributed by atoms with Crippen molar-refractivity contribution in [3.63, 3.8) is 0 Å². The molecule has 1 amide bonds. The second-order valence-corrected chi connectivity index (χ2v) is 7.27. The van der Waals surface area contributed by atoms with Crippen LogP contribution in [0.5, 0.6) is 11.5 Å². The van der Waals surface area contributed by atoms with Gasteiger partial charge >= 0.3 is 0 Å². The SMILES string of the molecule is O=C(NNC(=S)Nc1ccc(Br)c(Cl)c1)c1cccc(Oc2ccccc2)c1. The lowest BCUT2D eigenvalue weighted by molar-refractivity contribution is 0.0944. The first-order valence-electron chi connectivity index (χ1n) is 8.16. The number of hydrogen-bond donors (Lipinski definition) is 3. The van der Waals surface area contributed by atoms with E-state index in [9.17, 15) is 4.79 Å². The maximum atomic E-state index is 12.4. The van der Waals surface area contributed by atoms with Gasteiger partial charge in [-0.3, -0.25) is 15.6 Å². The Morgan fingerprint density at radius 3 is 2.43 bits per heavy atom. The average Bonchev–Trinajstić information content (AvgIpc) is 2.70. The molecule has 0 bridgehead atoms. The molecule has 0 fully saturated rings. The zero-order chi connectivity index (χ0) is 19.9. The van der Waals surface area contributed by atoms with Crippen molar-refractivity contribution in [3.8, 4) is 11.5 Å². The van der Waals surface area contributed by atoms with Gasteiger partial charge < -0.3 is 10.1 Å². The minimum Gasteiger partial charge on any atom is -0.457 e. The normalized spacial score (nSPS) is 10.1. The van der Waals surface area contributed by atoms with E-state index in [0.29, 0.717) is 27.8 Å². The summed E-state index contributed by atoms with van der Waals surface area (Å²) in [4.78, 5) is 12.4. The molecule has 0 radical (unpaired) electrons. The molecule has 0 aromatic heterocycles. The van der Waals surface area contributed by atoms with Crippen molar-refractivity contribution in [2.45, 2.75) is 0 Å². The van der Waals surface area contributed by atoms with E-state index < -0.39 is 0 Å². The highest BCUT2D eigenvalue weighted by molar-refractivity contribution is 9.10. The molecular formula is C20H15BrClN3O2S. The second kappa shape index (κ2) is 9.54.